The fraction of sp³-hybridized carbons (Fsp3) is 0.467. The highest BCUT2D eigenvalue weighted by Gasteiger charge is 2.40. The van der Waals surface area contributed by atoms with Crippen LogP contribution in [0.5, 0.6) is 0 Å². The summed E-state index contributed by atoms with van der Waals surface area (Å²) in [5.41, 5.74) is 2.66. The van der Waals surface area contributed by atoms with Crippen molar-refractivity contribution in [3.63, 3.8) is 0 Å². The van der Waals surface area contributed by atoms with E-state index in [-0.39, 0.29) is 35.7 Å². The highest BCUT2D eigenvalue weighted by Crippen LogP contribution is 2.47. The molecule has 0 aromatic heterocycles. The van der Waals surface area contributed by atoms with Gasteiger partial charge in [-0.05, 0) is 63.0 Å². The third-order valence-corrected chi connectivity index (χ3v) is 7.55. The number of aliphatic hydroxyl groups is 1. The van der Waals surface area contributed by atoms with Crippen LogP contribution in [-0.2, 0) is 24.5 Å². The van der Waals surface area contributed by atoms with Crippen molar-refractivity contribution in [2.75, 3.05) is 31.2 Å². The van der Waals surface area contributed by atoms with Crippen LogP contribution in [0, 0.1) is 16.7 Å². The minimum Gasteiger partial charge on any atom is -0.465 e. The number of esters is 1. The van der Waals surface area contributed by atoms with Gasteiger partial charge in [0.15, 0.2) is 0 Å². The SMILES string of the molecule is CCC(C)(C)C(=O)OCCCN1/C(=C\C=C2/C(=O)N(CCO)C(=O)C(C#N)=C2C)C(C)(C)c2ccccc21. The Labute approximate surface area is 224 Å². The van der Waals surface area contributed by atoms with Gasteiger partial charge in [-0.15, -0.1) is 0 Å². The molecule has 8 nitrogen and oxygen atoms in total. The van der Waals surface area contributed by atoms with Gasteiger partial charge in [-0.1, -0.05) is 39.0 Å². The van der Waals surface area contributed by atoms with Crippen molar-refractivity contribution in [2.45, 2.75) is 59.8 Å². The molecule has 38 heavy (non-hydrogen) atoms. The number of hydrogen-bond donors (Lipinski definition) is 1. The predicted molar refractivity (Wildman–Crippen MR) is 145 cm³/mol. The van der Waals surface area contributed by atoms with E-state index in [9.17, 15) is 24.8 Å². The second kappa shape index (κ2) is 11.4. The van der Waals surface area contributed by atoms with Crippen molar-refractivity contribution in [2.24, 2.45) is 5.41 Å². The minimum atomic E-state index is -0.690. The lowest BCUT2D eigenvalue weighted by atomic mass is 9.83. The van der Waals surface area contributed by atoms with Gasteiger partial charge in [0.25, 0.3) is 11.8 Å². The van der Waals surface area contributed by atoms with E-state index in [0.717, 1.165) is 21.8 Å². The normalized spacial score (nSPS) is 19.3. The van der Waals surface area contributed by atoms with Crippen LogP contribution in [-0.4, -0.2) is 54.1 Å². The Morgan fingerprint density at radius 3 is 2.45 bits per heavy atom. The van der Waals surface area contributed by atoms with Gasteiger partial charge in [0.2, 0.25) is 0 Å². The highest BCUT2D eigenvalue weighted by molar-refractivity contribution is 6.18. The largest absolute Gasteiger partial charge is 0.465 e. The number of imide groups is 1. The molecule has 0 saturated heterocycles. The zero-order valence-electron chi connectivity index (χ0n) is 23.1. The van der Waals surface area contributed by atoms with E-state index in [4.69, 9.17) is 4.74 Å². The number of nitriles is 1. The van der Waals surface area contributed by atoms with Crippen LogP contribution in [0.4, 0.5) is 5.69 Å². The highest BCUT2D eigenvalue weighted by atomic mass is 16.5. The number of hydrogen-bond acceptors (Lipinski definition) is 7. The Hall–Kier alpha value is -3.70. The summed E-state index contributed by atoms with van der Waals surface area (Å²) in [6.45, 7) is 11.8. The summed E-state index contributed by atoms with van der Waals surface area (Å²) in [6, 6.07) is 9.99. The van der Waals surface area contributed by atoms with Crippen molar-refractivity contribution in [1.29, 1.82) is 5.26 Å². The molecule has 0 atom stereocenters. The minimum absolute atomic E-state index is 0.106. The maximum atomic E-state index is 13.1. The van der Waals surface area contributed by atoms with Crippen molar-refractivity contribution in [3.8, 4) is 6.07 Å². The van der Waals surface area contributed by atoms with Crippen molar-refractivity contribution >= 4 is 23.5 Å². The molecule has 1 aromatic carbocycles. The van der Waals surface area contributed by atoms with Crippen molar-refractivity contribution < 1.29 is 24.2 Å². The molecule has 0 aliphatic carbocycles. The van der Waals surface area contributed by atoms with E-state index in [0.29, 0.717) is 31.6 Å². The molecule has 202 valence electrons. The predicted octanol–water partition coefficient (Wildman–Crippen LogP) is 4.17. The second-order valence-electron chi connectivity index (χ2n) is 10.8. The Balaban J connectivity index is 1.96. The van der Waals surface area contributed by atoms with Gasteiger partial charge in [-0.25, -0.2) is 0 Å². The number of carbonyl (C=O) groups excluding carboxylic acids is 3. The maximum absolute atomic E-state index is 13.1. The summed E-state index contributed by atoms with van der Waals surface area (Å²) < 4.78 is 5.55. The number of amides is 2. The van der Waals surface area contributed by atoms with E-state index in [2.05, 4.69) is 24.8 Å². The summed E-state index contributed by atoms with van der Waals surface area (Å²) in [4.78, 5) is 41.2. The molecule has 8 heteroatoms. The first kappa shape index (κ1) is 28.9. The van der Waals surface area contributed by atoms with Crippen molar-refractivity contribution in [3.05, 3.63) is 64.4 Å². The average molecular weight is 520 g/mol. The number of anilines is 1. The lowest BCUT2D eigenvalue weighted by Crippen LogP contribution is -2.44. The number of rotatable bonds is 9. The van der Waals surface area contributed by atoms with E-state index in [1.54, 1.807) is 13.0 Å². The lowest BCUT2D eigenvalue weighted by molar-refractivity contribution is -0.154. The fourth-order valence-corrected chi connectivity index (χ4v) is 4.73. The number of fused-ring (bicyclic) bond motifs is 1. The molecule has 1 N–H and O–H groups in total. The molecule has 1 aromatic rings. The topological polar surface area (TPSA) is 111 Å². The second-order valence-corrected chi connectivity index (χ2v) is 10.8. The summed E-state index contributed by atoms with van der Waals surface area (Å²) in [7, 11) is 0. The van der Waals surface area contributed by atoms with Gasteiger partial charge in [-0.2, -0.15) is 5.26 Å². The molecule has 0 fully saturated rings. The number of para-hydroxylation sites is 1. The van der Waals surface area contributed by atoms with Crippen LogP contribution in [0.1, 0.15) is 59.9 Å². The van der Waals surface area contributed by atoms with Gasteiger partial charge in [0.05, 0.1) is 25.2 Å². The summed E-state index contributed by atoms with van der Waals surface area (Å²) in [5.74, 6) is -1.44. The molecule has 0 spiro atoms. The Morgan fingerprint density at radius 2 is 1.82 bits per heavy atom. The Morgan fingerprint density at radius 1 is 1.13 bits per heavy atom. The number of nitrogens with zero attached hydrogens (tertiary/aromatic N) is 3. The quantitative estimate of drug-likeness (QED) is 0.226. The number of ether oxygens (including phenoxy) is 1. The Kier molecular flexibility index (Phi) is 8.63. The molecule has 0 radical (unpaired) electrons. The van der Waals surface area contributed by atoms with Crippen LogP contribution in [0.3, 0.4) is 0 Å². The van der Waals surface area contributed by atoms with Crippen LogP contribution < -0.4 is 4.90 Å². The number of aliphatic hydroxyl groups excluding tert-OH is 1. The third kappa shape index (κ3) is 5.30. The first-order valence-electron chi connectivity index (χ1n) is 13.0. The number of carbonyl (C=O) groups is 3. The summed E-state index contributed by atoms with van der Waals surface area (Å²) in [6.07, 6.45) is 4.83. The van der Waals surface area contributed by atoms with E-state index >= 15 is 0 Å². The van der Waals surface area contributed by atoms with E-state index in [1.807, 2.05) is 51.1 Å². The number of β-amino-alcohol motifs (C(OH)–C–C–N with tert-alkyl or cyclic N) is 1. The lowest BCUT2D eigenvalue weighted by Gasteiger charge is -2.28. The monoisotopic (exact) mass is 519 g/mol. The molecule has 0 bridgehead atoms. The first-order chi connectivity index (χ1) is 17.9. The zero-order valence-corrected chi connectivity index (χ0v) is 23.1. The van der Waals surface area contributed by atoms with Gasteiger partial charge >= 0.3 is 5.97 Å². The number of benzene rings is 1. The molecule has 0 unspecified atom stereocenters. The molecular formula is C30H37N3O5. The smallest absolute Gasteiger partial charge is 0.311 e. The molecule has 0 saturated carbocycles. The average Bonchev–Trinajstić information content (AvgIpc) is 3.10. The molecular weight excluding hydrogens is 482 g/mol. The first-order valence-corrected chi connectivity index (χ1v) is 13.0. The Bertz CT molecular complexity index is 1260. The standard InChI is InChI=1S/C30H37N3O5/c1-7-29(3,4)28(37)38-18-10-15-32-24-12-9-8-11-23(24)30(5,6)25(32)14-13-21-20(2)22(19-31)27(36)33(16-17-34)26(21)35/h8-9,11-14,34H,7,10,15-18H2,1-6H3/b21-13-,25-14-. The van der Waals surface area contributed by atoms with Crippen molar-refractivity contribution in [1.82, 2.24) is 4.90 Å². The maximum Gasteiger partial charge on any atom is 0.311 e. The van der Waals surface area contributed by atoms with Gasteiger partial charge in [0.1, 0.15) is 11.6 Å². The summed E-state index contributed by atoms with van der Waals surface area (Å²) >= 11 is 0. The van der Waals surface area contributed by atoms with E-state index < -0.39 is 17.2 Å². The van der Waals surface area contributed by atoms with Crippen LogP contribution in [0.25, 0.3) is 0 Å². The fourth-order valence-electron chi connectivity index (χ4n) is 4.73. The van der Waals surface area contributed by atoms with Crippen LogP contribution in [0.2, 0.25) is 0 Å². The molecule has 2 aliphatic rings. The molecule has 2 aliphatic heterocycles. The number of allylic oxidation sites excluding steroid dienone is 3. The molecule has 2 amide bonds. The van der Waals surface area contributed by atoms with Crippen LogP contribution >= 0.6 is 0 Å². The zero-order chi connectivity index (χ0) is 28.3. The van der Waals surface area contributed by atoms with Crippen LogP contribution in [0.15, 0.2) is 58.8 Å². The molecule has 2 heterocycles. The van der Waals surface area contributed by atoms with Gasteiger partial charge in [0, 0.05) is 28.9 Å². The van der Waals surface area contributed by atoms with Gasteiger partial charge in [-0.3, -0.25) is 19.3 Å². The van der Waals surface area contributed by atoms with E-state index in [1.165, 1.54) is 0 Å². The third-order valence-electron chi connectivity index (χ3n) is 7.55. The van der Waals surface area contributed by atoms with Gasteiger partial charge < -0.3 is 14.7 Å². The molecule has 3 rings (SSSR count). The summed E-state index contributed by atoms with van der Waals surface area (Å²) in [5, 5.41) is 18.9.